The Kier molecular flexibility index (Phi) is 6.75. The van der Waals surface area contributed by atoms with Crippen molar-refractivity contribution >= 4 is 21.6 Å². The van der Waals surface area contributed by atoms with Crippen molar-refractivity contribution in [2.24, 2.45) is 0 Å². The van der Waals surface area contributed by atoms with E-state index in [1.807, 2.05) is 0 Å². The van der Waals surface area contributed by atoms with Crippen LogP contribution in [-0.4, -0.2) is 48.1 Å². The number of hydrogen-bond acceptors (Lipinski definition) is 5. The molecule has 10 heteroatoms. The van der Waals surface area contributed by atoms with Gasteiger partial charge in [0.05, 0.1) is 22.9 Å². The van der Waals surface area contributed by atoms with Crippen LogP contribution in [0.1, 0.15) is 36.7 Å². The Morgan fingerprint density at radius 1 is 1.09 bits per heavy atom. The van der Waals surface area contributed by atoms with Gasteiger partial charge in [-0.3, -0.25) is 4.79 Å². The lowest BCUT2D eigenvalue weighted by Crippen LogP contribution is -2.35. The minimum absolute atomic E-state index is 0.0972. The van der Waals surface area contributed by atoms with Crippen LogP contribution in [-0.2, 0) is 10.0 Å². The van der Waals surface area contributed by atoms with Crippen molar-refractivity contribution in [1.29, 1.82) is 0 Å². The molecule has 4 rings (SSSR count). The highest BCUT2D eigenvalue weighted by atomic mass is 32.2. The molecular weight excluding hydrogens is 447 g/mol. The molecule has 1 aliphatic heterocycles. The van der Waals surface area contributed by atoms with E-state index in [1.54, 1.807) is 31.3 Å². The summed E-state index contributed by atoms with van der Waals surface area (Å²) in [5.41, 5.74) is 0.961. The predicted molar refractivity (Wildman–Crippen MR) is 122 cm³/mol. The number of amides is 1. The molecule has 174 valence electrons. The summed E-state index contributed by atoms with van der Waals surface area (Å²) in [6.45, 7) is 3.12. The van der Waals surface area contributed by atoms with E-state index >= 15 is 0 Å². The monoisotopic (exact) mass is 472 g/mol. The van der Waals surface area contributed by atoms with Crippen LogP contribution in [0.5, 0.6) is 5.75 Å². The zero-order valence-electron chi connectivity index (χ0n) is 18.2. The predicted octanol–water partition coefficient (Wildman–Crippen LogP) is 3.84. The van der Waals surface area contributed by atoms with E-state index in [9.17, 15) is 17.6 Å². The van der Waals surface area contributed by atoms with Crippen LogP contribution in [0.15, 0.2) is 59.6 Å². The maximum Gasteiger partial charge on any atom is 0.276 e. The standard InChI is InChI=1S/C23H25FN4O4S/c1-2-32-22-11-10-19(33(30,31)27-13-4-3-5-14-27)16-21(22)25-23(29)20-12-15-28(26-20)18-8-6-17(24)7-9-18/h6-12,15-16H,2-5,13-14H2,1H3,(H,25,29). The second kappa shape index (κ2) is 9.72. The van der Waals surface area contributed by atoms with Gasteiger partial charge in [0.15, 0.2) is 5.69 Å². The van der Waals surface area contributed by atoms with Gasteiger partial charge in [-0.25, -0.2) is 17.5 Å². The fourth-order valence-electron chi connectivity index (χ4n) is 3.67. The van der Waals surface area contributed by atoms with Gasteiger partial charge in [0, 0.05) is 19.3 Å². The van der Waals surface area contributed by atoms with Crippen molar-refractivity contribution in [3.63, 3.8) is 0 Å². The van der Waals surface area contributed by atoms with Gasteiger partial charge in [-0.05, 0) is 68.3 Å². The number of nitrogens with one attached hydrogen (secondary N) is 1. The highest BCUT2D eigenvalue weighted by Gasteiger charge is 2.27. The minimum Gasteiger partial charge on any atom is -0.492 e. The smallest absolute Gasteiger partial charge is 0.276 e. The van der Waals surface area contributed by atoms with Gasteiger partial charge in [0.25, 0.3) is 5.91 Å². The Balaban J connectivity index is 1.59. The third kappa shape index (κ3) is 5.07. The second-order valence-electron chi connectivity index (χ2n) is 7.63. The average Bonchev–Trinajstić information content (AvgIpc) is 3.32. The van der Waals surface area contributed by atoms with Gasteiger partial charge in [-0.1, -0.05) is 6.42 Å². The molecule has 1 N–H and O–H groups in total. The van der Waals surface area contributed by atoms with E-state index < -0.39 is 15.9 Å². The number of nitrogens with zero attached hydrogens (tertiary/aromatic N) is 3. The van der Waals surface area contributed by atoms with Crippen molar-refractivity contribution in [3.05, 3.63) is 66.2 Å². The first-order valence-corrected chi connectivity index (χ1v) is 12.2. The number of carbonyl (C=O) groups is 1. The summed E-state index contributed by atoms with van der Waals surface area (Å²) in [4.78, 5) is 13.0. The first-order valence-electron chi connectivity index (χ1n) is 10.8. The molecule has 1 aliphatic rings. The SMILES string of the molecule is CCOc1ccc(S(=O)(=O)N2CCCCC2)cc1NC(=O)c1ccn(-c2ccc(F)cc2)n1. The quantitative estimate of drug-likeness (QED) is 0.564. The molecule has 0 unspecified atom stereocenters. The lowest BCUT2D eigenvalue weighted by atomic mass is 10.2. The highest BCUT2D eigenvalue weighted by molar-refractivity contribution is 7.89. The first kappa shape index (κ1) is 22.9. The zero-order chi connectivity index (χ0) is 23.4. The van der Waals surface area contributed by atoms with E-state index in [0.29, 0.717) is 31.1 Å². The summed E-state index contributed by atoms with van der Waals surface area (Å²) in [5, 5.41) is 6.96. The normalized spacial score (nSPS) is 14.7. The van der Waals surface area contributed by atoms with Crippen LogP contribution in [0.25, 0.3) is 5.69 Å². The molecule has 3 aromatic rings. The van der Waals surface area contributed by atoms with E-state index in [2.05, 4.69) is 10.4 Å². The maximum atomic E-state index is 13.2. The molecule has 0 spiro atoms. The van der Waals surface area contributed by atoms with Crippen LogP contribution < -0.4 is 10.1 Å². The number of anilines is 1. The van der Waals surface area contributed by atoms with Crippen molar-refractivity contribution in [3.8, 4) is 11.4 Å². The number of halogens is 1. The second-order valence-corrected chi connectivity index (χ2v) is 9.57. The lowest BCUT2D eigenvalue weighted by Gasteiger charge is -2.26. The van der Waals surface area contributed by atoms with Crippen LogP contribution >= 0.6 is 0 Å². The Bertz CT molecular complexity index is 1240. The van der Waals surface area contributed by atoms with Crippen molar-refractivity contribution in [2.75, 3.05) is 25.0 Å². The molecule has 1 fully saturated rings. The Morgan fingerprint density at radius 3 is 2.52 bits per heavy atom. The number of piperidine rings is 1. The van der Waals surface area contributed by atoms with Gasteiger partial charge in [-0.2, -0.15) is 9.40 Å². The van der Waals surface area contributed by atoms with E-state index in [0.717, 1.165) is 19.3 Å². The van der Waals surface area contributed by atoms with Crippen LogP contribution in [0.2, 0.25) is 0 Å². The summed E-state index contributed by atoms with van der Waals surface area (Å²) in [7, 11) is -3.68. The number of sulfonamides is 1. The number of carbonyl (C=O) groups excluding carboxylic acids is 1. The van der Waals surface area contributed by atoms with Gasteiger partial charge in [0.1, 0.15) is 11.6 Å². The molecule has 0 radical (unpaired) electrons. The van der Waals surface area contributed by atoms with Crippen molar-refractivity contribution in [2.45, 2.75) is 31.1 Å². The molecule has 2 aromatic carbocycles. The molecule has 8 nitrogen and oxygen atoms in total. The minimum atomic E-state index is -3.68. The highest BCUT2D eigenvalue weighted by Crippen LogP contribution is 2.30. The molecule has 1 aromatic heterocycles. The van der Waals surface area contributed by atoms with E-state index in [-0.39, 0.29) is 22.1 Å². The van der Waals surface area contributed by atoms with Crippen LogP contribution in [0.3, 0.4) is 0 Å². The molecule has 1 amide bonds. The molecule has 0 bridgehead atoms. The molecule has 0 aliphatic carbocycles. The summed E-state index contributed by atoms with van der Waals surface area (Å²) in [6.07, 6.45) is 4.26. The number of rotatable bonds is 7. The third-order valence-corrected chi connectivity index (χ3v) is 7.26. The zero-order valence-corrected chi connectivity index (χ0v) is 19.0. The Morgan fingerprint density at radius 2 is 1.82 bits per heavy atom. The van der Waals surface area contributed by atoms with E-state index in [4.69, 9.17) is 4.74 Å². The van der Waals surface area contributed by atoms with Gasteiger partial charge >= 0.3 is 0 Å². The van der Waals surface area contributed by atoms with Crippen molar-refractivity contribution in [1.82, 2.24) is 14.1 Å². The third-order valence-electron chi connectivity index (χ3n) is 5.36. The summed E-state index contributed by atoms with van der Waals surface area (Å²) < 4.78 is 47.8. The molecule has 1 saturated heterocycles. The van der Waals surface area contributed by atoms with Gasteiger partial charge in [0.2, 0.25) is 10.0 Å². The van der Waals surface area contributed by atoms with Gasteiger partial charge < -0.3 is 10.1 Å². The topological polar surface area (TPSA) is 93.5 Å². The number of aromatic nitrogens is 2. The number of ether oxygens (including phenoxy) is 1. The summed E-state index contributed by atoms with van der Waals surface area (Å²) >= 11 is 0. The summed E-state index contributed by atoms with van der Waals surface area (Å²) in [5.74, 6) is -0.530. The molecule has 33 heavy (non-hydrogen) atoms. The van der Waals surface area contributed by atoms with E-state index in [1.165, 1.54) is 39.3 Å². The Hall–Kier alpha value is -3.24. The lowest BCUT2D eigenvalue weighted by molar-refractivity contribution is 0.102. The number of benzene rings is 2. The molecular formula is C23H25FN4O4S. The largest absolute Gasteiger partial charge is 0.492 e. The van der Waals surface area contributed by atoms with Gasteiger partial charge in [-0.15, -0.1) is 0 Å². The van der Waals surface area contributed by atoms with Crippen molar-refractivity contribution < 1.29 is 22.3 Å². The molecule has 2 heterocycles. The Labute approximate surface area is 192 Å². The molecule has 0 atom stereocenters. The summed E-state index contributed by atoms with van der Waals surface area (Å²) in [6, 6.07) is 11.7. The molecule has 0 saturated carbocycles. The van der Waals surface area contributed by atoms with Crippen LogP contribution in [0, 0.1) is 5.82 Å². The fraction of sp³-hybridized carbons (Fsp3) is 0.304. The number of hydrogen-bond donors (Lipinski definition) is 1. The van der Waals surface area contributed by atoms with Crippen LogP contribution in [0.4, 0.5) is 10.1 Å². The average molecular weight is 473 g/mol. The first-order chi connectivity index (χ1) is 15.9. The fourth-order valence-corrected chi connectivity index (χ4v) is 5.22. The maximum absolute atomic E-state index is 13.2.